The minimum atomic E-state index is 1.02. The van der Waals surface area contributed by atoms with Gasteiger partial charge < -0.3 is 14.0 Å². The average Bonchev–Trinajstić information content (AvgIpc) is 3.86. The quantitative estimate of drug-likeness (QED) is 0.151. The van der Waals surface area contributed by atoms with E-state index in [-0.39, 0.29) is 0 Å². The number of nitrogens with one attached hydrogen (secondary N) is 1. The van der Waals surface area contributed by atoms with Gasteiger partial charge in [-0.15, -0.1) is 0 Å². The van der Waals surface area contributed by atoms with Crippen LogP contribution in [0.25, 0.3) is 16.8 Å². The molecular weight excluding hydrogens is 1110 g/mol. The third-order valence-corrected chi connectivity index (χ3v) is 13.0. The zero-order chi connectivity index (χ0) is 67.0. The van der Waals surface area contributed by atoms with Crippen LogP contribution in [0.4, 0.5) is 0 Å². The number of allylic oxidation sites excluding steroid dienone is 28. The lowest BCUT2D eigenvalue weighted by Crippen LogP contribution is -1.99. The van der Waals surface area contributed by atoms with E-state index < -0.39 is 0 Å². The summed E-state index contributed by atoms with van der Waals surface area (Å²) in [6.45, 7) is 43.8. The van der Waals surface area contributed by atoms with Crippen molar-refractivity contribution in [3.63, 3.8) is 0 Å². The van der Waals surface area contributed by atoms with E-state index in [0.717, 1.165) is 23.1 Å². The van der Waals surface area contributed by atoms with Gasteiger partial charge in [0.1, 0.15) is 0 Å². The summed E-state index contributed by atoms with van der Waals surface area (Å²) in [5.41, 5.74) is 9.15. The standard InChI is InChI=1S/C12H18.C12H10.C8H12.C6H8.2C6H10.C5H7N.C5H6.2C5H8.C4H5N.C4H4O.C4H4S.C4H6/c1-3-7-11(8-4-1)12-9-5-2-6-10-12;1-2-10-7-5-8-11-6-3-4-9-12(10)11;1-2-8-6-4-3-5-7-8;1-2-4-6-5-3-1;1-5(2)6(3)4;1-3-5-6-4-2;1-6-4-2-3-5-6;1-2-4-5-3-1;1-4-5(2)3;1-3-5-4-2;3*1-2-4-5-3-1;1-3-4-2/h7,9H,1-6,8,10H2;2-9H,1H2;2,6H,1,3-5,7H2;1-4H,5-6H2;1,3H2,2,4H3;3-6H,1-2H3;2-5H,1H3;1-4H,5H2;4H,1-2H2,3H3;3-5H,1H2,2H3;1-5H;2*1-4H;3-4H,1-2H2/b;;;;;5-3+,6-4+;;;;5-4+;;;;. The van der Waals surface area contributed by atoms with Gasteiger partial charge in [0.05, 0.1) is 12.5 Å². The first-order valence-corrected chi connectivity index (χ1v) is 32.6. The third-order valence-electron chi connectivity index (χ3n) is 12.3. The number of hydrogen-bond acceptors (Lipinski definition) is 2. The fourth-order valence-corrected chi connectivity index (χ4v) is 7.64. The molecule has 6 aromatic rings. The molecule has 0 bridgehead atoms. The molecule has 2 aromatic carbocycles. The van der Waals surface area contributed by atoms with Crippen LogP contribution in [0.15, 0.2) is 370 Å². The summed E-state index contributed by atoms with van der Waals surface area (Å²) in [5, 5.41) is 6.63. The largest absolute Gasteiger partial charge is 0.473 e. The molecule has 0 unspecified atom stereocenters. The molecule has 1 N–H and O–H groups in total. The molecule has 0 spiro atoms. The Morgan fingerprint density at radius 1 is 0.500 bits per heavy atom. The molecule has 0 atom stereocenters. The van der Waals surface area contributed by atoms with Gasteiger partial charge in [-0.2, -0.15) is 11.3 Å². The molecule has 0 radical (unpaired) electrons. The number of rotatable bonds is 8. The van der Waals surface area contributed by atoms with Gasteiger partial charge in [-0.25, -0.2) is 0 Å². The minimum absolute atomic E-state index is 1.02. The second-order valence-electron chi connectivity index (χ2n) is 20.2. The van der Waals surface area contributed by atoms with Crippen molar-refractivity contribution in [3.8, 4) is 0 Å². The van der Waals surface area contributed by atoms with E-state index in [4.69, 9.17) is 0 Å². The van der Waals surface area contributed by atoms with Crippen LogP contribution in [0.3, 0.4) is 0 Å². The Labute approximate surface area is 554 Å². The second-order valence-corrected chi connectivity index (χ2v) is 21.0. The van der Waals surface area contributed by atoms with Crippen molar-refractivity contribution in [2.75, 3.05) is 0 Å². The Kier molecular flexibility index (Phi) is 65.9. The van der Waals surface area contributed by atoms with E-state index in [1.165, 1.54) is 112 Å². The highest BCUT2D eigenvalue weighted by atomic mass is 32.1. The Morgan fingerprint density at radius 2 is 0.978 bits per heavy atom. The van der Waals surface area contributed by atoms with Crippen molar-refractivity contribution >= 4 is 28.2 Å². The smallest absolute Gasteiger partial charge is 0.0902 e. The van der Waals surface area contributed by atoms with Crippen LogP contribution < -0.4 is 0 Å². The molecular formula is C86H116N2OS. The van der Waals surface area contributed by atoms with Crippen LogP contribution in [0.2, 0.25) is 0 Å². The molecule has 90 heavy (non-hydrogen) atoms. The van der Waals surface area contributed by atoms with E-state index in [0.29, 0.717) is 0 Å². The topological polar surface area (TPSA) is 33.9 Å². The van der Waals surface area contributed by atoms with Crippen molar-refractivity contribution in [2.45, 2.75) is 138 Å². The van der Waals surface area contributed by atoms with Crippen LogP contribution in [0.1, 0.15) is 143 Å². The maximum absolute atomic E-state index is 4.58. The number of aromatic nitrogens is 2. The summed E-state index contributed by atoms with van der Waals surface area (Å²) in [6, 6.07) is 30.2. The number of H-pyrrole nitrogens is 1. The van der Waals surface area contributed by atoms with Crippen molar-refractivity contribution in [1.29, 1.82) is 0 Å². The Hall–Kier alpha value is -8.70. The molecule has 4 heterocycles. The van der Waals surface area contributed by atoms with E-state index >= 15 is 0 Å². The van der Waals surface area contributed by atoms with Crippen molar-refractivity contribution in [1.82, 2.24) is 9.55 Å². The monoisotopic (exact) mass is 1220 g/mol. The average molecular weight is 1230 g/mol. The van der Waals surface area contributed by atoms with E-state index in [2.05, 4.69) is 178 Å². The second kappa shape index (κ2) is 69.4. The summed E-state index contributed by atoms with van der Waals surface area (Å²) in [4.78, 5) is 2.86. The van der Waals surface area contributed by atoms with Crippen molar-refractivity contribution in [3.05, 3.63) is 371 Å². The highest BCUT2D eigenvalue weighted by Crippen LogP contribution is 2.30. The molecule has 0 fully saturated rings. The van der Waals surface area contributed by atoms with Crippen LogP contribution >= 0.6 is 11.3 Å². The number of aromatic amines is 1. The summed E-state index contributed by atoms with van der Waals surface area (Å²) < 4.78 is 6.58. The number of fused-ring (bicyclic) bond motifs is 1. The van der Waals surface area contributed by atoms with Gasteiger partial charge in [-0.1, -0.05) is 276 Å². The lowest BCUT2D eigenvalue weighted by Gasteiger charge is -2.19. The summed E-state index contributed by atoms with van der Waals surface area (Å²) in [5.74, 6) is 0. The fraction of sp³-hybridized carbons (Fsp3) is 0.256. The molecule has 0 saturated heterocycles. The van der Waals surface area contributed by atoms with Crippen LogP contribution in [-0.2, 0) is 7.05 Å². The van der Waals surface area contributed by atoms with Crippen LogP contribution in [0.5, 0.6) is 0 Å². The molecule has 4 aromatic heterocycles. The molecule has 4 heteroatoms. The first kappa shape index (κ1) is 85.5. The molecule has 3 nitrogen and oxygen atoms in total. The lowest BCUT2D eigenvalue weighted by atomic mass is 9.87. The highest BCUT2D eigenvalue weighted by Gasteiger charge is 2.10. The normalized spacial score (nSPS) is 12.9. The van der Waals surface area contributed by atoms with Gasteiger partial charge in [0.2, 0.25) is 0 Å². The van der Waals surface area contributed by atoms with E-state index in [1.54, 1.807) is 59.3 Å². The Bertz CT molecular complexity index is 2770. The Morgan fingerprint density at radius 3 is 1.23 bits per heavy atom. The van der Waals surface area contributed by atoms with E-state index in [1.807, 2.05) is 186 Å². The van der Waals surface area contributed by atoms with Gasteiger partial charge in [0, 0.05) is 31.8 Å². The first-order chi connectivity index (χ1) is 43.9. The van der Waals surface area contributed by atoms with Gasteiger partial charge in [0.15, 0.2) is 0 Å². The lowest BCUT2D eigenvalue weighted by molar-refractivity contribution is 0.567. The number of aryl methyl sites for hydroxylation is 1. The number of hydrogen-bond donors (Lipinski definition) is 1. The predicted molar refractivity (Wildman–Crippen MR) is 413 cm³/mol. The SMILES string of the molecule is C/C=C/C=C/C.C1=C(C2=CCCCC2)CCCC1.C1=CCC=C1.C1=CCCC=C1.C=C(C)C(=C)C.C=C/C=C/C.C=CC(=C)C.C=CC1=CCCCC1.C=CC=C.C=Cc1cccc2ccccc12.Cn1cccc1.c1cc[nH]c1.c1ccoc1.c1ccsc1. The van der Waals surface area contributed by atoms with Crippen LogP contribution in [0, 0.1) is 0 Å². The summed E-state index contributed by atoms with van der Waals surface area (Å²) >= 11 is 1.71. The third kappa shape index (κ3) is 61.0. The highest BCUT2D eigenvalue weighted by molar-refractivity contribution is 7.07. The molecule has 11 rings (SSSR count). The van der Waals surface area contributed by atoms with Gasteiger partial charge in [-0.05, 0) is 212 Å². The number of benzene rings is 2. The molecule has 0 saturated carbocycles. The van der Waals surface area contributed by atoms with Crippen molar-refractivity contribution < 1.29 is 4.42 Å². The maximum atomic E-state index is 4.58. The molecule has 5 aliphatic rings. The summed E-state index contributed by atoms with van der Waals surface area (Å²) in [7, 11) is 2.00. The molecule has 482 valence electrons. The Balaban J connectivity index is -0.000000920. The fourth-order valence-electron chi connectivity index (χ4n) is 7.18. The van der Waals surface area contributed by atoms with Gasteiger partial charge in [-0.3, -0.25) is 0 Å². The molecule has 0 aliphatic heterocycles. The van der Waals surface area contributed by atoms with Gasteiger partial charge >= 0.3 is 0 Å². The number of furan rings is 1. The number of thiophene rings is 1. The minimum Gasteiger partial charge on any atom is -0.473 e. The van der Waals surface area contributed by atoms with Crippen molar-refractivity contribution in [2.24, 2.45) is 7.05 Å². The van der Waals surface area contributed by atoms with Crippen LogP contribution in [-0.4, -0.2) is 9.55 Å². The number of nitrogens with zero attached hydrogens (tertiary/aromatic N) is 1. The molecule has 0 amide bonds. The molecule has 5 aliphatic carbocycles. The van der Waals surface area contributed by atoms with E-state index in [9.17, 15) is 0 Å². The summed E-state index contributed by atoms with van der Waals surface area (Å²) in [6.07, 6.45) is 77.4. The maximum Gasteiger partial charge on any atom is 0.0902 e. The zero-order valence-electron chi connectivity index (χ0n) is 56.8. The zero-order valence-corrected chi connectivity index (χ0v) is 57.6. The van der Waals surface area contributed by atoms with Gasteiger partial charge in [0.25, 0.3) is 0 Å². The predicted octanol–water partition coefficient (Wildman–Crippen LogP) is 27.7. The first-order valence-electron chi connectivity index (χ1n) is 31.7.